The van der Waals surface area contributed by atoms with Crippen molar-refractivity contribution >= 4 is 23.5 Å². The molecule has 0 radical (unpaired) electrons. The largest absolute Gasteiger partial charge is 0.351 e. The quantitative estimate of drug-likeness (QED) is 0.866. The van der Waals surface area contributed by atoms with Crippen molar-refractivity contribution < 1.29 is 0 Å². The van der Waals surface area contributed by atoms with Crippen molar-refractivity contribution in [2.24, 2.45) is 5.92 Å². The zero-order chi connectivity index (χ0) is 14.7. The van der Waals surface area contributed by atoms with Crippen LogP contribution in [-0.4, -0.2) is 34.1 Å². The summed E-state index contributed by atoms with van der Waals surface area (Å²) in [5, 5.41) is 3.79. The first kappa shape index (κ1) is 14.8. The smallest absolute Gasteiger partial charge is 0.231 e. The van der Waals surface area contributed by atoms with Crippen molar-refractivity contribution in [1.82, 2.24) is 15.0 Å². The number of rotatable bonds is 3. The van der Waals surface area contributed by atoms with E-state index in [1.165, 1.54) is 44.9 Å². The minimum atomic E-state index is 0.288. The standard InChI is InChI=1S/C15H24ClN5/c1-11-7-3-2-4-8-12(11)17-14-18-13(16)19-15(20-14)21-9-5-6-10-21/h11-12H,2-10H2,1H3,(H,17,18,19,20). The van der Waals surface area contributed by atoms with Gasteiger partial charge in [0.15, 0.2) is 0 Å². The summed E-state index contributed by atoms with van der Waals surface area (Å²) in [7, 11) is 0. The third-order valence-electron chi connectivity index (χ3n) is 4.66. The van der Waals surface area contributed by atoms with E-state index in [0.717, 1.165) is 19.0 Å². The van der Waals surface area contributed by atoms with E-state index >= 15 is 0 Å². The fraction of sp³-hybridized carbons (Fsp3) is 0.800. The molecule has 0 bridgehead atoms. The van der Waals surface area contributed by atoms with E-state index in [-0.39, 0.29) is 5.28 Å². The Labute approximate surface area is 131 Å². The monoisotopic (exact) mass is 309 g/mol. The van der Waals surface area contributed by atoms with Crippen LogP contribution in [-0.2, 0) is 0 Å². The average Bonchev–Trinajstić information content (AvgIpc) is 2.92. The molecule has 1 saturated heterocycles. The number of nitrogens with one attached hydrogen (secondary N) is 1. The van der Waals surface area contributed by atoms with Crippen LogP contribution in [0.1, 0.15) is 51.9 Å². The lowest BCUT2D eigenvalue weighted by atomic mass is 9.97. The first-order chi connectivity index (χ1) is 10.2. The zero-order valence-corrected chi connectivity index (χ0v) is 13.4. The van der Waals surface area contributed by atoms with Gasteiger partial charge in [-0.05, 0) is 43.2 Å². The first-order valence-electron chi connectivity index (χ1n) is 8.15. The number of anilines is 2. The van der Waals surface area contributed by atoms with Crippen LogP contribution >= 0.6 is 11.6 Å². The highest BCUT2D eigenvalue weighted by Gasteiger charge is 2.22. The van der Waals surface area contributed by atoms with E-state index in [9.17, 15) is 0 Å². The van der Waals surface area contributed by atoms with E-state index in [0.29, 0.717) is 17.9 Å². The molecule has 2 aliphatic rings. The molecule has 1 aliphatic heterocycles. The molecule has 6 heteroatoms. The van der Waals surface area contributed by atoms with Gasteiger partial charge >= 0.3 is 0 Å². The van der Waals surface area contributed by atoms with Gasteiger partial charge in [0.05, 0.1) is 0 Å². The highest BCUT2D eigenvalue weighted by atomic mass is 35.5. The van der Waals surface area contributed by atoms with E-state index in [4.69, 9.17) is 11.6 Å². The van der Waals surface area contributed by atoms with Crippen LogP contribution in [0, 0.1) is 5.92 Å². The van der Waals surface area contributed by atoms with Crippen LogP contribution in [0.2, 0.25) is 5.28 Å². The van der Waals surface area contributed by atoms with Gasteiger partial charge in [0.2, 0.25) is 17.2 Å². The molecule has 2 heterocycles. The molecular weight excluding hydrogens is 286 g/mol. The Hall–Kier alpha value is -1.10. The van der Waals surface area contributed by atoms with Crippen LogP contribution in [0.3, 0.4) is 0 Å². The second-order valence-corrected chi connectivity index (χ2v) is 6.63. The molecule has 1 aromatic heterocycles. The average molecular weight is 310 g/mol. The Kier molecular flexibility index (Phi) is 4.78. The highest BCUT2D eigenvalue weighted by Crippen LogP contribution is 2.26. The van der Waals surface area contributed by atoms with Crippen molar-refractivity contribution in [2.75, 3.05) is 23.3 Å². The molecule has 0 amide bonds. The van der Waals surface area contributed by atoms with E-state index in [2.05, 4.69) is 32.1 Å². The van der Waals surface area contributed by atoms with Crippen molar-refractivity contribution in [2.45, 2.75) is 57.9 Å². The fourth-order valence-corrected chi connectivity index (χ4v) is 3.49. The van der Waals surface area contributed by atoms with Crippen molar-refractivity contribution in [1.29, 1.82) is 0 Å². The van der Waals surface area contributed by atoms with Gasteiger partial charge in [0.1, 0.15) is 0 Å². The maximum Gasteiger partial charge on any atom is 0.231 e. The third-order valence-corrected chi connectivity index (χ3v) is 4.83. The maximum absolute atomic E-state index is 6.09. The van der Waals surface area contributed by atoms with Gasteiger partial charge in [-0.15, -0.1) is 0 Å². The molecule has 2 unspecified atom stereocenters. The van der Waals surface area contributed by atoms with Crippen LogP contribution < -0.4 is 10.2 Å². The summed E-state index contributed by atoms with van der Waals surface area (Å²) in [5.74, 6) is 2.00. The van der Waals surface area contributed by atoms with Crippen molar-refractivity contribution in [3.8, 4) is 0 Å². The summed E-state index contributed by atoms with van der Waals surface area (Å²) in [6.07, 6.45) is 8.80. The van der Waals surface area contributed by atoms with Gasteiger partial charge in [-0.25, -0.2) is 0 Å². The van der Waals surface area contributed by atoms with Gasteiger partial charge < -0.3 is 10.2 Å². The molecular formula is C15H24ClN5. The van der Waals surface area contributed by atoms with Gasteiger partial charge in [-0.3, -0.25) is 0 Å². The number of halogens is 1. The predicted octanol–water partition coefficient (Wildman–Crippen LogP) is 3.51. The third kappa shape index (κ3) is 3.76. The molecule has 1 aromatic rings. The van der Waals surface area contributed by atoms with E-state index in [1.54, 1.807) is 0 Å². The molecule has 1 N–H and O–H groups in total. The second-order valence-electron chi connectivity index (χ2n) is 6.29. The maximum atomic E-state index is 6.09. The summed E-state index contributed by atoms with van der Waals surface area (Å²) in [6.45, 7) is 4.34. The first-order valence-corrected chi connectivity index (χ1v) is 8.53. The summed E-state index contributed by atoms with van der Waals surface area (Å²) < 4.78 is 0. The van der Waals surface area contributed by atoms with E-state index < -0.39 is 0 Å². The number of aromatic nitrogens is 3. The Morgan fingerprint density at radius 3 is 2.57 bits per heavy atom. The predicted molar refractivity (Wildman–Crippen MR) is 85.9 cm³/mol. The summed E-state index contributed by atoms with van der Waals surface area (Å²) in [4.78, 5) is 15.3. The molecule has 2 atom stereocenters. The highest BCUT2D eigenvalue weighted by molar-refractivity contribution is 6.28. The van der Waals surface area contributed by atoms with Gasteiger partial charge in [-0.2, -0.15) is 15.0 Å². The second kappa shape index (κ2) is 6.77. The van der Waals surface area contributed by atoms with Gasteiger partial charge in [0.25, 0.3) is 0 Å². The SMILES string of the molecule is CC1CCCCCC1Nc1nc(Cl)nc(N2CCCC2)n1. The lowest BCUT2D eigenvalue weighted by Crippen LogP contribution is -2.28. The Morgan fingerprint density at radius 1 is 1.00 bits per heavy atom. The molecule has 2 fully saturated rings. The fourth-order valence-electron chi connectivity index (χ4n) is 3.34. The summed E-state index contributed by atoms with van der Waals surface area (Å²) >= 11 is 6.09. The Balaban J connectivity index is 1.74. The number of hydrogen-bond acceptors (Lipinski definition) is 5. The molecule has 21 heavy (non-hydrogen) atoms. The minimum Gasteiger partial charge on any atom is -0.351 e. The number of nitrogens with zero attached hydrogens (tertiary/aromatic N) is 4. The Morgan fingerprint density at radius 2 is 1.76 bits per heavy atom. The molecule has 5 nitrogen and oxygen atoms in total. The Bertz CT molecular complexity index is 475. The molecule has 0 spiro atoms. The van der Waals surface area contributed by atoms with Gasteiger partial charge in [0, 0.05) is 19.1 Å². The molecule has 1 saturated carbocycles. The van der Waals surface area contributed by atoms with Gasteiger partial charge in [-0.1, -0.05) is 26.2 Å². The summed E-state index contributed by atoms with van der Waals surface area (Å²) in [5.41, 5.74) is 0. The molecule has 1 aliphatic carbocycles. The van der Waals surface area contributed by atoms with Crippen LogP contribution in [0.15, 0.2) is 0 Å². The molecule has 0 aromatic carbocycles. The normalized spacial score (nSPS) is 26.7. The van der Waals surface area contributed by atoms with Crippen LogP contribution in [0.5, 0.6) is 0 Å². The number of hydrogen-bond donors (Lipinski definition) is 1. The summed E-state index contributed by atoms with van der Waals surface area (Å²) in [6, 6.07) is 0.442. The van der Waals surface area contributed by atoms with Crippen molar-refractivity contribution in [3.63, 3.8) is 0 Å². The van der Waals surface area contributed by atoms with Crippen LogP contribution in [0.4, 0.5) is 11.9 Å². The minimum absolute atomic E-state index is 0.288. The van der Waals surface area contributed by atoms with E-state index in [1.807, 2.05) is 0 Å². The zero-order valence-electron chi connectivity index (χ0n) is 12.7. The van der Waals surface area contributed by atoms with Crippen molar-refractivity contribution in [3.05, 3.63) is 5.28 Å². The molecule has 116 valence electrons. The lowest BCUT2D eigenvalue weighted by molar-refractivity contribution is 0.454. The lowest BCUT2D eigenvalue weighted by Gasteiger charge is -2.23. The topological polar surface area (TPSA) is 53.9 Å². The molecule has 3 rings (SSSR count). The van der Waals surface area contributed by atoms with Crippen LogP contribution in [0.25, 0.3) is 0 Å².